The van der Waals surface area contributed by atoms with Gasteiger partial charge in [-0.05, 0) is 69.6 Å². The van der Waals surface area contributed by atoms with Crippen LogP contribution in [0.5, 0.6) is 0 Å². The highest BCUT2D eigenvalue weighted by Gasteiger charge is 2.44. The number of halogens is 2. The molecular weight excluding hydrogens is 508 g/mol. The first-order valence-electron chi connectivity index (χ1n) is 11.7. The highest BCUT2D eigenvalue weighted by atomic mass is 127. The predicted octanol–water partition coefficient (Wildman–Crippen LogP) is 4.49. The third-order valence-electron chi connectivity index (χ3n) is 6.69. The lowest BCUT2D eigenvalue weighted by molar-refractivity contribution is -0.0721. The molecule has 0 bridgehead atoms. The molecule has 1 aromatic carbocycles. The van der Waals surface area contributed by atoms with Gasteiger partial charge in [-0.3, -0.25) is 4.99 Å². The van der Waals surface area contributed by atoms with Gasteiger partial charge >= 0.3 is 0 Å². The van der Waals surface area contributed by atoms with E-state index in [4.69, 9.17) is 14.5 Å². The minimum atomic E-state index is -0.157. The van der Waals surface area contributed by atoms with Crippen LogP contribution < -0.4 is 5.32 Å². The number of guanidine groups is 1. The summed E-state index contributed by atoms with van der Waals surface area (Å²) in [7, 11) is 0. The number of likely N-dealkylation sites (tertiary alicyclic amines) is 1. The van der Waals surface area contributed by atoms with E-state index < -0.39 is 0 Å². The molecule has 2 heterocycles. The number of benzene rings is 1. The first kappa shape index (κ1) is 24.7. The van der Waals surface area contributed by atoms with Gasteiger partial charge in [-0.25, -0.2) is 4.39 Å². The van der Waals surface area contributed by atoms with E-state index in [0.717, 1.165) is 76.5 Å². The fourth-order valence-electron chi connectivity index (χ4n) is 4.58. The molecule has 0 spiro atoms. The number of hydrogen-bond donors (Lipinski definition) is 1. The van der Waals surface area contributed by atoms with Crippen LogP contribution in [0, 0.1) is 5.82 Å². The molecule has 31 heavy (non-hydrogen) atoms. The van der Waals surface area contributed by atoms with Crippen LogP contribution >= 0.6 is 24.0 Å². The van der Waals surface area contributed by atoms with Crippen molar-refractivity contribution in [1.29, 1.82) is 0 Å². The lowest BCUT2D eigenvalue weighted by Gasteiger charge is -2.35. The van der Waals surface area contributed by atoms with Crippen molar-refractivity contribution >= 4 is 29.9 Å². The molecule has 0 radical (unpaired) electrons. The number of aliphatic imine (C=N–C) groups is 1. The molecule has 1 aromatic rings. The van der Waals surface area contributed by atoms with Crippen molar-refractivity contribution in [2.75, 3.05) is 39.4 Å². The van der Waals surface area contributed by atoms with E-state index in [0.29, 0.717) is 12.6 Å². The van der Waals surface area contributed by atoms with Crippen molar-refractivity contribution in [3.8, 4) is 0 Å². The highest BCUT2D eigenvalue weighted by molar-refractivity contribution is 14.0. The van der Waals surface area contributed by atoms with E-state index in [1.54, 1.807) is 6.07 Å². The lowest BCUT2D eigenvalue weighted by atomic mass is 9.96. The second kappa shape index (κ2) is 11.8. The van der Waals surface area contributed by atoms with E-state index >= 15 is 0 Å². The molecule has 3 aliphatic rings. The summed E-state index contributed by atoms with van der Waals surface area (Å²) in [6, 6.07) is 7.04. The number of nitrogens with zero attached hydrogens (tertiary/aromatic N) is 2. The van der Waals surface area contributed by atoms with Crippen LogP contribution in [0.2, 0.25) is 0 Å². The quantitative estimate of drug-likeness (QED) is 0.312. The largest absolute Gasteiger partial charge is 0.376 e. The molecule has 4 rings (SSSR count). The Labute approximate surface area is 203 Å². The molecule has 7 heteroatoms. The maximum absolute atomic E-state index is 13.7. The van der Waals surface area contributed by atoms with E-state index in [2.05, 4.69) is 17.1 Å². The van der Waals surface area contributed by atoms with Gasteiger partial charge in [0.15, 0.2) is 5.96 Å². The zero-order valence-corrected chi connectivity index (χ0v) is 21.0. The maximum Gasteiger partial charge on any atom is 0.193 e. The summed E-state index contributed by atoms with van der Waals surface area (Å²) in [5.74, 6) is 0.824. The van der Waals surface area contributed by atoms with E-state index in [-0.39, 0.29) is 41.3 Å². The van der Waals surface area contributed by atoms with Crippen LogP contribution in [0.4, 0.5) is 4.39 Å². The Hall–Kier alpha value is -0.930. The third-order valence-corrected chi connectivity index (χ3v) is 6.69. The van der Waals surface area contributed by atoms with Gasteiger partial charge in [0.25, 0.3) is 0 Å². The first-order chi connectivity index (χ1) is 14.7. The summed E-state index contributed by atoms with van der Waals surface area (Å²) in [5.41, 5.74) is 1.10. The Morgan fingerprint density at radius 2 is 2.06 bits per heavy atom. The molecule has 1 saturated carbocycles. The van der Waals surface area contributed by atoms with Crippen LogP contribution in [-0.4, -0.2) is 62.5 Å². The predicted molar refractivity (Wildman–Crippen MR) is 133 cm³/mol. The Morgan fingerprint density at radius 3 is 2.71 bits per heavy atom. The summed E-state index contributed by atoms with van der Waals surface area (Å²) in [4.78, 5) is 7.32. The fraction of sp³-hybridized carbons (Fsp3) is 0.708. The van der Waals surface area contributed by atoms with Gasteiger partial charge in [0, 0.05) is 31.7 Å². The zero-order chi connectivity index (χ0) is 20.8. The van der Waals surface area contributed by atoms with Crippen LogP contribution in [0.15, 0.2) is 29.3 Å². The topological polar surface area (TPSA) is 46.1 Å². The second-order valence-electron chi connectivity index (χ2n) is 8.97. The summed E-state index contributed by atoms with van der Waals surface area (Å²) in [6.45, 7) is 7.19. The van der Waals surface area contributed by atoms with Gasteiger partial charge in [0.05, 0.1) is 25.4 Å². The van der Waals surface area contributed by atoms with Gasteiger partial charge in [-0.2, -0.15) is 0 Å². The average molecular weight is 545 g/mol. The minimum Gasteiger partial charge on any atom is -0.376 e. The molecule has 174 valence electrons. The van der Waals surface area contributed by atoms with Crippen molar-refractivity contribution in [3.63, 3.8) is 0 Å². The normalized spacial score (nSPS) is 23.9. The number of rotatable bonds is 7. The molecule has 3 fully saturated rings. The smallest absolute Gasteiger partial charge is 0.193 e. The Morgan fingerprint density at radius 1 is 1.26 bits per heavy atom. The van der Waals surface area contributed by atoms with Gasteiger partial charge in [0.2, 0.25) is 0 Å². The van der Waals surface area contributed by atoms with Crippen molar-refractivity contribution in [1.82, 2.24) is 10.2 Å². The molecule has 1 N–H and O–H groups in total. The minimum absolute atomic E-state index is 0. The fourth-order valence-corrected chi connectivity index (χ4v) is 4.58. The molecule has 1 atom stereocenters. The SMILES string of the molecule is CCNC(=NCC1(c2cccc(F)c2)CC1)N1CCC(OCC2CCCCO2)CC1.I. The molecule has 1 unspecified atom stereocenters. The monoisotopic (exact) mass is 545 g/mol. The van der Waals surface area contributed by atoms with Gasteiger partial charge in [-0.15, -0.1) is 24.0 Å². The Bertz CT molecular complexity index is 715. The second-order valence-corrected chi connectivity index (χ2v) is 8.97. The average Bonchev–Trinajstić information content (AvgIpc) is 3.58. The summed E-state index contributed by atoms with van der Waals surface area (Å²) >= 11 is 0. The number of piperidine rings is 1. The third kappa shape index (κ3) is 6.78. The summed E-state index contributed by atoms with van der Waals surface area (Å²) < 4.78 is 25.6. The zero-order valence-electron chi connectivity index (χ0n) is 18.7. The molecule has 0 aromatic heterocycles. The summed E-state index contributed by atoms with van der Waals surface area (Å²) in [6.07, 6.45) is 8.37. The number of nitrogens with one attached hydrogen (secondary N) is 1. The van der Waals surface area contributed by atoms with Crippen LogP contribution in [0.1, 0.15) is 57.4 Å². The standard InChI is InChI=1S/C24H36FN3O2.HI/c1-2-26-23(27-18-24(11-12-24)19-6-5-7-20(25)16-19)28-13-9-21(10-14-28)30-17-22-8-3-4-15-29-22;/h5-7,16,21-22H,2-4,8-15,17-18H2,1H3,(H,26,27);1H. The van der Waals surface area contributed by atoms with Gasteiger partial charge < -0.3 is 19.7 Å². The van der Waals surface area contributed by atoms with E-state index in [9.17, 15) is 4.39 Å². The molecule has 2 aliphatic heterocycles. The maximum atomic E-state index is 13.7. The van der Waals surface area contributed by atoms with Crippen LogP contribution in [0.25, 0.3) is 0 Å². The van der Waals surface area contributed by atoms with E-state index in [1.807, 2.05) is 12.1 Å². The van der Waals surface area contributed by atoms with Crippen molar-refractivity contribution in [2.24, 2.45) is 4.99 Å². The molecule has 1 aliphatic carbocycles. The Balaban J connectivity index is 0.00000272. The number of ether oxygens (including phenoxy) is 2. The molecule has 0 amide bonds. The van der Waals surface area contributed by atoms with Crippen molar-refractivity contribution < 1.29 is 13.9 Å². The highest BCUT2D eigenvalue weighted by Crippen LogP contribution is 2.48. The van der Waals surface area contributed by atoms with Gasteiger partial charge in [-0.1, -0.05) is 12.1 Å². The van der Waals surface area contributed by atoms with Crippen LogP contribution in [-0.2, 0) is 14.9 Å². The molecular formula is C24H37FIN3O2. The lowest BCUT2D eigenvalue weighted by Crippen LogP contribution is -2.47. The van der Waals surface area contributed by atoms with Gasteiger partial charge in [0.1, 0.15) is 5.82 Å². The van der Waals surface area contributed by atoms with Crippen molar-refractivity contribution in [2.45, 2.75) is 69.5 Å². The number of hydrogen-bond acceptors (Lipinski definition) is 3. The first-order valence-corrected chi connectivity index (χ1v) is 11.7. The van der Waals surface area contributed by atoms with Crippen LogP contribution in [0.3, 0.4) is 0 Å². The van der Waals surface area contributed by atoms with E-state index in [1.165, 1.54) is 18.9 Å². The summed E-state index contributed by atoms with van der Waals surface area (Å²) in [5, 5.41) is 3.46. The van der Waals surface area contributed by atoms with Crippen molar-refractivity contribution in [3.05, 3.63) is 35.6 Å². The molecule has 2 saturated heterocycles. The Kier molecular flexibility index (Phi) is 9.40. The molecule has 5 nitrogen and oxygen atoms in total.